The zero-order valence-corrected chi connectivity index (χ0v) is 12.8. The molecule has 3 aromatic rings. The molecule has 0 atom stereocenters. The van der Waals surface area contributed by atoms with Crippen molar-refractivity contribution in [2.75, 3.05) is 11.9 Å². The van der Waals surface area contributed by atoms with Crippen molar-refractivity contribution >= 4 is 22.7 Å². The van der Waals surface area contributed by atoms with Crippen molar-refractivity contribution < 1.29 is 4.39 Å². The molecule has 1 N–H and O–H groups in total. The van der Waals surface area contributed by atoms with Crippen LogP contribution < -0.4 is 10.9 Å². The summed E-state index contributed by atoms with van der Waals surface area (Å²) in [5.41, 5.74) is 2.77. The molecule has 0 amide bonds. The van der Waals surface area contributed by atoms with Crippen LogP contribution in [0.1, 0.15) is 5.56 Å². The van der Waals surface area contributed by atoms with E-state index in [0.29, 0.717) is 6.54 Å². The van der Waals surface area contributed by atoms with Gasteiger partial charge in [-0.1, -0.05) is 30.4 Å². The number of anilines is 1. The number of rotatable bonds is 4. The summed E-state index contributed by atoms with van der Waals surface area (Å²) in [4.78, 5) is 11.7. The fourth-order valence-corrected chi connectivity index (χ4v) is 2.42. The van der Waals surface area contributed by atoms with Crippen molar-refractivity contribution in [1.82, 2.24) is 4.57 Å². The lowest BCUT2D eigenvalue weighted by Crippen LogP contribution is -2.15. The van der Waals surface area contributed by atoms with Crippen LogP contribution in [0.4, 0.5) is 10.1 Å². The van der Waals surface area contributed by atoms with Crippen LogP contribution >= 0.6 is 0 Å². The van der Waals surface area contributed by atoms with Crippen LogP contribution in [0, 0.1) is 5.82 Å². The summed E-state index contributed by atoms with van der Waals surface area (Å²) >= 11 is 0. The van der Waals surface area contributed by atoms with Gasteiger partial charge in [-0.2, -0.15) is 0 Å². The van der Waals surface area contributed by atoms with Gasteiger partial charge in [0.15, 0.2) is 0 Å². The first kappa shape index (κ1) is 15.0. The highest BCUT2D eigenvalue weighted by Gasteiger charge is 2.00. The van der Waals surface area contributed by atoms with E-state index in [1.807, 2.05) is 36.4 Å². The molecule has 0 radical (unpaired) electrons. The number of nitrogens with zero attached hydrogens (tertiary/aromatic N) is 1. The summed E-state index contributed by atoms with van der Waals surface area (Å²) in [6.07, 6.45) is 3.91. The monoisotopic (exact) mass is 308 g/mol. The minimum atomic E-state index is -0.234. The lowest BCUT2D eigenvalue weighted by molar-refractivity contribution is 0.628. The Bertz CT molecular complexity index is 911. The number of hydrogen-bond donors (Lipinski definition) is 1. The van der Waals surface area contributed by atoms with E-state index in [-0.39, 0.29) is 11.4 Å². The van der Waals surface area contributed by atoms with Crippen LogP contribution in [0.15, 0.2) is 65.5 Å². The molecule has 3 rings (SSSR count). The van der Waals surface area contributed by atoms with E-state index in [1.54, 1.807) is 29.8 Å². The quantitative estimate of drug-likeness (QED) is 0.795. The third-order valence-electron chi connectivity index (χ3n) is 3.73. The average Bonchev–Trinajstić information content (AvgIpc) is 2.57. The molecule has 0 saturated carbocycles. The molecule has 23 heavy (non-hydrogen) atoms. The lowest BCUT2D eigenvalue weighted by atomic mass is 10.2. The number of nitrogens with one attached hydrogen (secondary N) is 1. The Kier molecular flexibility index (Phi) is 4.24. The molecule has 1 heterocycles. The van der Waals surface area contributed by atoms with Crippen molar-refractivity contribution in [3.05, 3.63) is 82.4 Å². The van der Waals surface area contributed by atoms with Gasteiger partial charge in [-0.25, -0.2) is 4.39 Å². The predicted octanol–water partition coefficient (Wildman–Crippen LogP) is 3.80. The molecule has 1 aromatic heterocycles. The average molecular weight is 308 g/mol. The van der Waals surface area contributed by atoms with Gasteiger partial charge < -0.3 is 9.88 Å². The molecule has 0 aliphatic carbocycles. The molecule has 0 fully saturated rings. The van der Waals surface area contributed by atoms with Crippen LogP contribution in [0.2, 0.25) is 0 Å². The number of halogens is 1. The van der Waals surface area contributed by atoms with E-state index in [2.05, 4.69) is 5.32 Å². The van der Waals surface area contributed by atoms with Crippen LogP contribution in [-0.2, 0) is 7.05 Å². The van der Waals surface area contributed by atoms with Gasteiger partial charge in [0, 0.05) is 25.3 Å². The molecular formula is C19H17FN2O. The first-order valence-electron chi connectivity index (χ1n) is 7.39. The Hall–Kier alpha value is -2.88. The molecule has 4 heteroatoms. The largest absolute Gasteiger partial charge is 0.382 e. The van der Waals surface area contributed by atoms with Gasteiger partial charge in [-0.3, -0.25) is 4.79 Å². The van der Waals surface area contributed by atoms with Crippen molar-refractivity contribution in [3.8, 4) is 0 Å². The second-order valence-corrected chi connectivity index (χ2v) is 5.34. The normalized spacial score (nSPS) is 11.2. The third kappa shape index (κ3) is 3.48. The lowest BCUT2D eigenvalue weighted by Gasteiger charge is -2.08. The summed E-state index contributed by atoms with van der Waals surface area (Å²) < 4.78 is 14.5. The highest BCUT2D eigenvalue weighted by atomic mass is 19.1. The molecule has 116 valence electrons. The molecule has 0 saturated heterocycles. The summed E-state index contributed by atoms with van der Waals surface area (Å²) in [5.74, 6) is -0.234. The molecule has 3 nitrogen and oxygen atoms in total. The van der Waals surface area contributed by atoms with Crippen molar-refractivity contribution in [2.45, 2.75) is 0 Å². The van der Waals surface area contributed by atoms with Gasteiger partial charge in [0.25, 0.3) is 5.56 Å². The molecule has 0 aliphatic rings. The Morgan fingerprint density at radius 2 is 1.83 bits per heavy atom. The van der Waals surface area contributed by atoms with Gasteiger partial charge in [-0.15, -0.1) is 0 Å². The topological polar surface area (TPSA) is 34.0 Å². The van der Waals surface area contributed by atoms with Crippen molar-refractivity contribution in [3.63, 3.8) is 0 Å². The van der Waals surface area contributed by atoms with Crippen LogP contribution in [-0.4, -0.2) is 11.1 Å². The Balaban J connectivity index is 1.71. The standard InChI is InChI=1S/C19H17FN2O/c1-22-18-13-17(10-6-15(18)7-11-19(22)23)21-12-2-3-14-4-8-16(20)9-5-14/h2-11,13,21H,12H2,1H3/b3-2+. The molecule has 2 aromatic carbocycles. The number of benzene rings is 2. The third-order valence-corrected chi connectivity index (χ3v) is 3.73. The number of hydrogen-bond acceptors (Lipinski definition) is 2. The first-order chi connectivity index (χ1) is 11.1. The van der Waals surface area contributed by atoms with E-state index < -0.39 is 0 Å². The number of pyridine rings is 1. The zero-order valence-electron chi connectivity index (χ0n) is 12.8. The maximum Gasteiger partial charge on any atom is 0.250 e. The predicted molar refractivity (Wildman–Crippen MR) is 93.1 cm³/mol. The summed E-state index contributed by atoms with van der Waals surface area (Å²) in [7, 11) is 1.77. The Labute approximate surface area is 133 Å². The number of aromatic nitrogens is 1. The molecule has 0 unspecified atom stereocenters. The number of fused-ring (bicyclic) bond motifs is 1. The Morgan fingerprint density at radius 3 is 2.61 bits per heavy atom. The molecule has 0 bridgehead atoms. The zero-order chi connectivity index (χ0) is 16.2. The minimum absolute atomic E-state index is 0.0224. The van der Waals surface area contributed by atoms with Crippen molar-refractivity contribution in [2.24, 2.45) is 7.05 Å². The summed E-state index contributed by atoms with van der Waals surface area (Å²) in [6.45, 7) is 0.643. The van der Waals surface area contributed by atoms with Crippen LogP contribution in [0.5, 0.6) is 0 Å². The summed E-state index contributed by atoms with van der Waals surface area (Å²) in [5, 5.41) is 4.32. The molecule has 0 spiro atoms. The van der Waals surface area contributed by atoms with E-state index in [0.717, 1.165) is 22.2 Å². The van der Waals surface area contributed by atoms with Crippen LogP contribution in [0.25, 0.3) is 17.0 Å². The fraction of sp³-hybridized carbons (Fsp3) is 0.105. The Morgan fingerprint density at radius 1 is 1.09 bits per heavy atom. The smallest absolute Gasteiger partial charge is 0.250 e. The van der Waals surface area contributed by atoms with Gasteiger partial charge in [-0.05, 0) is 41.3 Å². The highest BCUT2D eigenvalue weighted by molar-refractivity contribution is 5.82. The van der Waals surface area contributed by atoms with E-state index in [9.17, 15) is 9.18 Å². The number of aryl methyl sites for hydroxylation is 1. The van der Waals surface area contributed by atoms with Gasteiger partial charge in [0.05, 0.1) is 5.52 Å². The van der Waals surface area contributed by atoms with Crippen LogP contribution in [0.3, 0.4) is 0 Å². The van der Waals surface area contributed by atoms with E-state index in [4.69, 9.17) is 0 Å². The van der Waals surface area contributed by atoms with Gasteiger partial charge >= 0.3 is 0 Å². The van der Waals surface area contributed by atoms with Gasteiger partial charge in [0.2, 0.25) is 0 Å². The second-order valence-electron chi connectivity index (χ2n) is 5.34. The maximum absolute atomic E-state index is 12.8. The highest BCUT2D eigenvalue weighted by Crippen LogP contribution is 2.17. The van der Waals surface area contributed by atoms with E-state index >= 15 is 0 Å². The SMILES string of the molecule is Cn1c(=O)ccc2ccc(NC/C=C/c3ccc(F)cc3)cc21. The molecule has 0 aliphatic heterocycles. The second kappa shape index (κ2) is 6.48. The first-order valence-corrected chi connectivity index (χ1v) is 7.39. The fourth-order valence-electron chi connectivity index (χ4n) is 2.42. The summed E-state index contributed by atoms with van der Waals surface area (Å²) in [6, 6.07) is 15.7. The van der Waals surface area contributed by atoms with E-state index in [1.165, 1.54) is 12.1 Å². The van der Waals surface area contributed by atoms with Gasteiger partial charge in [0.1, 0.15) is 5.82 Å². The molecular weight excluding hydrogens is 291 g/mol. The maximum atomic E-state index is 12.8. The van der Waals surface area contributed by atoms with Crippen molar-refractivity contribution in [1.29, 1.82) is 0 Å². The minimum Gasteiger partial charge on any atom is -0.382 e.